The molecule has 0 aromatic heterocycles. The van der Waals surface area contributed by atoms with Gasteiger partial charge in [0.05, 0.1) is 0 Å². The predicted molar refractivity (Wildman–Crippen MR) is 59.1 cm³/mol. The first kappa shape index (κ1) is 10.5. The van der Waals surface area contributed by atoms with E-state index in [0.717, 1.165) is 5.56 Å². The van der Waals surface area contributed by atoms with Crippen molar-refractivity contribution in [1.82, 2.24) is 0 Å². The molecule has 0 unspecified atom stereocenters. The first-order valence-electron chi connectivity index (χ1n) is 5.53. The quantitative estimate of drug-likeness (QED) is 0.733. The molecule has 0 saturated carbocycles. The number of aliphatic hydroxyl groups is 1. The summed E-state index contributed by atoms with van der Waals surface area (Å²) in [5.41, 5.74) is 0.888. The normalized spacial score (nSPS) is 35.5. The van der Waals surface area contributed by atoms with Crippen molar-refractivity contribution >= 4 is 5.97 Å². The Bertz CT molecular complexity index is 454. The van der Waals surface area contributed by atoms with Gasteiger partial charge in [-0.15, -0.1) is 0 Å². The molecule has 88 valence electrons. The molecule has 4 atom stereocenters. The van der Waals surface area contributed by atoms with Crippen molar-refractivity contribution in [2.75, 3.05) is 0 Å². The minimum atomic E-state index is -0.823. The SMILES string of the molecule is O=C1C=C[C@H]2O[C@@H](c3ccccc3)[C@H](O)[C@@H]2O1. The topological polar surface area (TPSA) is 55.8 Å². The van der Waals surface area contributed by atoms with Gasteiger partial charge in [0.1, 0.15) is 18.3 Å². The van der Waals surface area contributed by atoms with E-state index in [1.807, 2.05) is 30.3 Å². The van der Waals surface area contributed by atoms with Crippen LogP contribution in [0.1, 0.15) is 11.7 Å². The summed E-state index contributed by atoms with van der Waals surface area (Å²) in [6.45, 7) is 0. The third-order valence-electron chi connectivity index (χ3n) is 3.08. The van der Waals surface area contributed by atoms with E-state index in [1.165, 1.54) is 6.08 Å². The number of ether oxygens (including phenoxy) is 2. The van der Waals surface area contributed by atoms with Gasteiger partial charge in [-0.05, 0) is 11.6 Å². The van der Waals surface area contributed by atoms with Crippen LogP contribution >= 0.6 is 0 Å². The minimum Gasteiger partial charge on any atom is -0.453 e. The monoisotopic (exact) mass is 232 g/mol. The Labute approximate surface area is 98.5 Å². The molecule has 2 heterocycles. The highest BCUT2D eigenvalue weighted by molar-refractivity contribution is 5.83. The van der Waals surface area contributed by atoms with Crippen LogP contribution in [0.25, 0.3) is 0 Å². The second kappa shape index (κ2) is 3.98. The third-order valence-corrected chi connectivity index (χ3v) is 3.08. The molecule has 1 aromatic carbocycles. The number of carbonyl (C=O) groups is 1. The molecule has 4 nitrogen and oxygen atoms in total. The van der Waals surface area contributed by atoms with Crippen molar-refractivity contribution in [2.45, 2.75) is 24.4 Å². The number of fused-ring (bicyclic) bond motifs is 1. The maximum Gasteiger partial charge on any atom is 0.330 e. The number of hydrogen-bond acceptors (Lipinski definition) is 4. The van der Waals surface area contributed by atoms with Crippen LogP contribution in [0.2, 0.25) is 0 Å². The Morgan fingerprint density at radius 2 is 1.94 bits per heavy atom. The fourth-order valence-corrected chi connectivity index (χ4v) is 2.25. The number of hydrogen-bond donors (Lipinski definition) is 1. The highest BCUT2D eigenvalue weighted by atomic mass is 16.6. The minimum absolute atomic E-state index is 0.354. The van der Waals surface area contributed by atoms with Crippen LogP contribution in [-0.4, -0.2) is 29.4 Å². The van der Waals surface area contributed by atoms with E-state index in [2.05, 4.69) is 0 Å². The van der Waals surface area contributed by atoms with Gasteiger partial charge in [-0.3, -0.25) is 0 Å². The summed E-state index contributed by atoms with van der Waals surface area (Å²) < 4.78 is 10.8. The molecule has 2 aliphatic heterocycles. The number of esters is 1. The van der Waals surface area contributed by atoms with Crippen molar-refractivity contribution in [1.29, 1.82) is 0 Å². The van der Waals surface area contributed by atoms with Crippen LogP contribution in [0.15, 0.2) is 42.5 Å². The summed E-state index contributed by atoms with van der Waals surface area (Å²) >= 11 is 0. The Morgan fingerprint density at radius 3 is 2.71 bits per heavy atom. The molecular weight excluding hydrogens is 220 g/mol. The van der Waals surface area contributed by atoms with Crippen LogP contribution < -0.4 is 0 Å². The number of benzene rings is 1. The average Bonchev–Trinajstić information content (AvgIpc) is 2.68. The van der Waals surface area contributed by atoms with Crippen LogP contribution in [-0.2, 0) is 14.3 Å². The molecule has 0 spiro atoms. The van der Waals surface area contributed by atoms with Crippen molar-refractivity contribution < 1.29 is 19.4 Å². The van der Waals surface area contributed by atoms with Gasteiger partial charge in [-0.25, -0.2) is 4.79 Å². The largest absolute Gasteiger partial charge is 0.453 e. The number of aliphatic hydroxyl groups excluding tert-OH is 1. The molecule has 0 radical (unpaired) electrons. The van der Waals surface area contributed by atoms with E-state index >= 15 is 0 Å². The van der Waals surface area contributed by atoms with Crippen LogP contribution in [0, 0.1) is 0 Å². The van der Waals surface area contributed by atoms with Crippen LogP contribution in [0.5, 0.6) is 0 Å². The van der Waals surface area contributed by atoms with E-state index in [-0.39, 0.29) is 6.10 Å². The number of rotatable bonds is 1. The third kappa shape index (κ3) is 1.75. The molecule has 0 aliphatic carbocycles. The molecule has 1 saturated heterocycles. The molecule has 2 aliphatic rings. The summed E-state index contributed by atoms with van der Waals surface area (Å²) in [6, 6.07) is 9.44. The maximum atomic E-state index is 11.1. The van der Waals surface area contributed by atoms with Gasteiger partial charge in [-0.2, -0.15) is 0 Å². The predicted octanol–water partition coefficient (Wildman–Crippen LogP) is 0.969. The van der Waals surface area contributed by atoms with Crippen molar-refractivity contribution in [3.05, 3.63) is 48.0 Å². The van der Waals surface area contributed by atoms with E-state index < -0.39 is 24.3 Å². The fraction of sp³-hybridized carbons (Fsp3) is 0.308. The second-order valence-electron chi connectivity index (χ2n) is 4.18. The summed E-state index contributed by atoms with van der Waals surface area (Å²) in [5.74, 6) is -0.428. The molecule has 0 amide bonds. The van der Waals surface area contributed by atoms with Gasteiger partial charge >= 0.3 is 5.97 Å². The Morgan fingerprint density at radius 1 is 1.18 bits per heavy atom. The zero-order valence-electron chi connectivity index (χ0n) is 9.02. The molecule has 1 fully saturated rings. The number of carbonyl (C=O) groups excluding carboxylic acids is 1. The van der Waals surface area contributed by atoms with E-state index in [1.54, 1.807) is 6.08 Å². The van der Waals surface area contributed by atoms with E-state index in [9.17, 15) is 9.90 Å². The Kier molecular flexibility index (Phi) is 2.46. The Hall–Kier alpha value is -1.65. The molecular formula is C13H12O4. The molecule has 4 heteroatoms. The first-order valence-corrected chi connectivity index (χ1v) is 5.53. The lowest BCUT2D eigenvalue weighted by molar-refractivity contribution is -0.150. The van der Waals surface area contributed by atoms with Gasteiger partial charge < -0.3 is 14.6 Å². The summed E-state index contributed by atoms with van der Waals surface area (Å²) in [6.07, 6.45) is 0.757. The standard InChI is InChI=1S/C13H12O4/c14-10-7-6-9-13(17-10)11(15)12(16-9)8-4-2-1-3-5-8/h1-7,9,11-13,15H/t9-,11+,12+,13-/m1/s1. The highest BCUT2D eigenvalue weighted by Crippen LogP contribution is 2.36. The van der Waals surface area contributed by atoms with Gasteiger partial charge in [0.15, 0.2) is 6.10 Å². The average molecular weight is 232 g/mol. The molecule has 3 rings (SSSR count). The fourth-order valence-electron chi connectivity index (χ4n) is 2.25. The summed E-state index contributed by atoms with van der Waals surface area (Å²) in [7, 11) is 0. The summed E-state index contributed by atoms with van der Waals surface area (Å²) in [5, 5.41) is 10.1. The zero-order valence-corrected chi connectivity index (χ0v) is 9.02. The smallest absolute Gasteiger partial charge is 0.330 e. The maximum absolute atomic E-state index is 11.1. The molecule has 1 aromatic rings. The van der Waals surface area contributed by atoms with Gasteiger partial charge in [-0.1, -0.05) is 30.3 Å². The molecule has 17 heavy (non-hydrogen) atoms. The lowest BCUT2D eigenvalue weighted by Crippen LogP contribution is -2.36. The van der Waals surface area contributed by atoms with Gasteiger partial charge in [0.2, 0.25) is 0 Å². The van der Waals surface area contributed by atoms with Crippen LogP contribution in [0.3, 0.4) is 0 Å². The second-order valence-corrected chi connectivity index (χ2v) is 4.18. The lowest BCUT2D eigenvalue weighted by atomic mass is 10.0. The van der Waals surface area contributed by atoms with E-state index in [4.69, 9.17) is 9.47 Å². The first-order chi connectivity index (χ1) is 8.25. The molecule has 0 bridgehead atoms. The lowest BCUT2D eigenvalue weighted by Gasteiger charge is -2.20. The van der Waals surface area contributed by atoms with E-state index in [0.29, 0.717) is 0 Å². The highest BCUT2D eigenvalue weighted by Gasteiger charge is 2.46. The van der Waals surface area contributed by atoms with Crippen molar-refractivity contribution in [2.24, 2.45) is 0 Å². The van der Waals surface area contributed by atoms with Crippen molar-refractivity contribution in [3.8, 4) is 0 Å². The Balaban J connectivity index is 1.87. The van der Waals surface area contributed by atoms with Gasteiger partial charge in [0.25, 0.3) is 0 Å². The van der Waals surface area contributed by atoms with Crippen molar-refractivity contribution in [3.63, 3.8) is 0 Å². The van der Waals surface area contributed by atoms with Crippen LogP contribution in [0.4, 0.5) is 0 Å². The van der Waals surface area contributed by atoms with Gasteiger partial charge in [0, 0.05) is 6.08 Å². The zero-order chi connectivity index (χ0) is 11.8. The molecule has 1 N–H and O–H groups in total. The summed E-state index contributed by atoms with van der Waals surface area (Å²) in [4.78, 5) is 11.1.